The molecule has 0 unspecified atom stereocenters. The Balaban J connectivity index is 0.00000300. The van der Waals surface area contributed by atoms with Crippen molar-refractivity contribution in [3.63, 3.8) is 0 Å². The zero-order valence-corrected chi connectivity index (χ0v) is 18.3. The molecular weight excluding hydrogens is 386 g/mol. The van der Waals surface area contributed by atoms with Crippen LogP contribution in [0.2, 0.25) is 0 Å². The lowest BCUT2D eigenvalue weighted by molar-refractivity contribution is -0.148. The Morgan fingerprint density at radius 2 is 1.79 bits per heavy atom. The van der Waals surface area contributed by atoms with Crippen molar-refractivity contribution in [2.24, 2.45) is 5.92 Å². The van der Waals surface area contributed by atoms with Gasteiger partial charge in [0.25, 0.3) is 0 Å². The summed E-state index contributed by atoms with van der Waals surface area (Å²) in [6, 6.07) is 17.9. The van der Waals surface area contributed by atoms with Crippen LogP contribution in [0.3, 0.4) is 0 Å². The van der Waals surface area contributed by atoms with Gasteiger partial charge >= 0.3 is 5.97 Å². The number of phenols is 1. The molecule has 1 saturated heterocycles. The smallest absolute Gasteiger partial charge is 0.310 e. The number of phenolic OH excluding ortho intramolecular Hbond substituents is 1. The fourth-order valence-electron chi connectivity index (χ4n) is 4.32. The van der Waals surface area contributed by atoms with E-state index in [4.69, 9.17) is 4.74 Å². The number of carbonyl (C=O) groups excluding carboxylic acids is 1. The van der Waals surface area contributed by atoms with E-state index in [-0.39, 0.29) is 35.8 Å². The molecule has 1 aliphatic rings. The number of hydrogen-bond donors (Lipinski definition) is 1. The third-order valence-corrected chi connectivity index (χ3v) is 6.41. The highest BCUT2D eigenvalue weighted by Crippen LogP contribution is 2.37. The zero-order valence-electron chi connectivity index (χ0n) is 17.5. The van der Waals surface area contributed by atoms with E-state index in [0.717, 1.165) is 31.5 Å². The van der Waals surface area contributed by atoms with Gasteiger partial charge in [0.15, 0.2) is 0 Å². The van der Waals surface area contributed by atoms with Crippen LogP contribution in [0.15, 0.2) is 54.6 Å². The lowest BCUT2D eigenvalue weighted by Gasteiger charge is -2.43. The normalized spacial score (nSPS) is 18.3. The van der Waals surface area contributed by atoms with Crippen LogP contribution in [0.5, 0.6) is 5.75 Å². The number of ether oxygens (including phenoxy) is 1. The number of halogens is 1. The maximum absolute atomic E-state index is 12.5. The van der Waals surface area contributed by atoms with Crippen molar-refractivity contribution in [1.29, 1.82) is 0 Å². The average Bonchev–Trinajstić information content (AvgIpc) is 2.72. The molecular formula is C24H32ClNO3. The summed E-state index contributed by atoms with van der Waals surface area (Å²) in [5.74, 6) is -0.00154. The van der Waals surface area contributed by atoms with E-state index in [9.17, 15) is 9.90 Å². The number of methoxy groups -OCH3 is 1. The van der Waals surface area contributed by atoms with Crippen molar-refractivity contribution >= 4 is 18.4 Å². The predicted octanol–water partition coefficient (Wildman–Crippen LogP) is 4.59. The lowest BCUT2D eigenvalue weighted by atomic mass is 9.74. The zero-order chi connectivity index (χ0) is 20.1. The fraction of sp³-hybridized carbons (Fsp3) is 0.458. The van der Waals surface area contributed by atoms with Gasteiger partial charge in [-0.05, 0) is 68.0 Å². The highest BCUT2D eigenvalue weighted by atomic mass is 35.5. The molecule has 0 bridgehead atoms. The predicted molar refractivity (Wildman–Crippen MR) is 119 cm³/mol. The van der Waals surface area contributed by atoms with Crippen LogP contribution in [0, 0.1) is 5.92 Å². The molecule has 3 rings (SSSR count). The first kappa shape index (κ1) is 23.2. The van der Waals surface area contributed by atoms with E-state index in [2.05, 4.69) is 36.9 Å². The van der Waals surface area contributed by atoms with Crippen LogP contribution in [0.4, 0.5) is 0 Å². The summed E-state index contributed by atoms with van der Waals surface area (Å²) in [4.78, 5) is 14.9. The molecule has 29 heavy (non-hydrogen) atoms. The minimum Gasteiger partial charge on any atom is -0.508 e. The van der Waals surface area contributed by atoms with Crippen LogP contribution in [-0.2, 0) is 21.4 Å². The first-order chi connectivity index (χ1) is 13.4. The molecule has 1 aliphatic heterocycles. The van der Waals surface area contributed by atoms with Crippen molar-refractivity contribution < 1.29 is 14.6 Å². The van der Waals surface area contributed by atoms with Gasteiger partial charge in [0.05, 0.1) is 13.0 Å². The molecule has 2 aromatic carbocycles. The van der Waals surface area contributed by atoms with Gasteiger partial charge in [-0.3, -0.25) is 9.69 Å². The summed E-state index contributed by atoms with van der Waals surface area (Å²) in [6.07, 6.45) is 2.69. The summed E-state index contributed by atoms with van der Waals surface area (Å²) in [5.41, 5.74) is 2.40. The Bertz CT molecular complexity index is 788. The maximum Gasteiger partial charge on any atom is 0.310 e. The number of piperidine rings is 1. The Labute approximate surface area is 180 Å². The largest absolute Gasteiger partial charge is 0.508 e. The van der Waals surface area contributed by atoms with Crippen LogP contribution in [0.25, 0.3) is 0 Å². The van der Waals surface area contributed by atoms with Gasteiger partial charge in [-0.15, -0.1) is 12.4 Å². The number of hydrogen-bond acceptors (Lipinski definition) is 4. The fourth-order valence-corrected chi connectivity index (χ4v) is 4.32. The Morgan fingerprint density at radius 1 is 1.14 bits per heavy atom. The molecule has 1 heterocycles. The van der Waals surface area contributed by atoms with Crippen molar-refractivity contribution in [2.75, 3.05) is 20.2 Å². The van der Waals surface area contributed by atoms with Crippen molar-refractivity contribution in [1.82, 2.24) is 4.90 Å². The number of carbonyl (C=O) groups is 1. The standard InChI is InChI=1S/C24H31NO3.ClH/c1-18(22(23(27)28-3)16-19-8-5-4-6-9-19)25-14-12-24(2,13-15-25)20-10-7-11-21(26)17-20;/h4-11,17-18,22,26H,12-16H2,1-3H3;1H/t18-,22+;/m1./s1. The van der Waals surface area contributed by atoms with Crippen molar-refractivity contribution in [2.45, 2.75) is 44.6 Å². The molecule has 0 spiro atoms. The van der Waals surface area contributed by atoms with Crippen LogP contribution < -0.4 is 0 Å². The molecule has 158 valence electrons. The third-order valence-electron chi connectivity index (χ3n) is 6.41. The second-order valence-electron chi connectivity index (χ2n) is 8.21. The van der Waals surface area contributed by atoms with Gasteiger partial charge in [0.2, 0.25) is 0 Å². The number of nitrogens with zero attached hydrogens (tertiary/aromatic N) is 1. The number of aromatic hydroxyl groups is 1. The number of esters is 1. The monoisotopic (exact) mass is 417 g/mol. The minimum atomic E-state index is -0.183. The van der Waals surface area contributed by atoms with E-state index in [1.54, 1.807) is 6.07 Å². The molecule has 5 heteroatoms. The first-order valence-electron chi connectivity index (χ1n) is 10.1. The molecule has 0 amide bonds. The van der Waals surface area contributed by atoms with Gasteiger partial charge < -0.3 is 9.84 Å². The molecule has 1 fully saturated rings. The van der Waals surface area contributed by atoms with Crippen molar-refractivity contribution in [3.8, 4) is 5.75 Å². The van der Waals surface area contributed by atoms with Crippen molar-refractivity contribution in [3.05, 3.63) is 65.7 Å². The summed E-state index contributed by atoms with van der Waals surface area (Å²) in [7, 11) is 1.47. The van der Waals surface area contributed by atoms with E-state index < -0.39 is 0 Å². The molecule has 0 aromatic heterocycles. The first-order valence-corrected chi connectivity index (χ1v) is 10.1. The van der Waals surface area contributed by atoms with Crippen LogP contribution in [-0.4, -0.2) is 42.2 Å². The van der Waals surface area contributed by atoms with Gasteiger partial charge in [-0.1, -0.05) is 49.4 Å². The second kappa shape index (κ2) is 10.1. The lowest BCUT2D eigenvalue weighted by Crippen LogP contribution is -2.49. The Hall–Kier alpha value is -2.04. The van der Waals surface area contributed by atoms with Crippen LogP contribution in [0.1, 0.15) is 37.8 Å². The topological polar surface area (TPSA) is 49.8 Å². The molecule has 0 saturated carbocycles. The SMILES string of the molecule is COC(=O)[C@@H](Cc1ccccc1)[C@@H](C)N1CCC(C)(c2cccc(O)c2)CC1.Cl. The molecule has 0 aliphatic carbocycles. The van der Waals surface area contributed by atoms with Crippen LogP contribution >= 0.6 is 12.4 Å². The van der Waals surface area contributed by atoms with Gasteiger partial charge in [-0.25, -0.2) is 0 Å². The molecule has 2 atom stereocenters. The second-order valence-corrected chi connectivity index (χ2v) is 8.21. The Morgan fingerprint density at radius 3 is 2.38 bits per heavy atom. The summed E-state index contributed by atoms with van der Waals surface area (Å²) >= 11 is 0. The highest BCUT2D eigenvalue weighted by molar-refractivity contribution is 5.85. The molecule has 1 N–H and O–H groups in total. The average molecular weight is 418 g/mol. The molecule has 0 radical (unpaired) electrons. The van der Waals surface area contributed by atoms with E-state index in [1.807, 2.05) is 30.3 Å². The van der Waals surface area contributed by atoms with Gasteiger partial charge in [0, 0.05) is 6.04 Å². The van der Waals surface area contributed by atoms with E-state index in [0.29, 0.717) is 12.2 Å². The number of rotatable bonds is 6. The van der Waals surface area contributed by atoms with E-state index >= 15 is 0 Å². The third kappa shape index (κ3) is 5.52. The summed E-state index contributed by atoms with van der Waals surface area (Å²) < 4.78 is 5.13. The molecule has 4 nitrogen and oxygen atoms in total. The summed E-state index contributed by atoms with van der Waals surface area (Å²) in [6.45, 7) is 6.26. The number of likely N-dealkylation sites (tertiary alicyclic amines) is 1. The van der Waals surface area contributed by atoms with Gasteiger partial charge in [-0.2, -0.15) is 0 Å². The van der Waals surface area contributed by atoms with Gasteiger partial charge in [0.1, 0.15) is 5.75 Å². The number of benzene rings is 2. The van der Waals surface area contributed by atoms with E-state index in [1.165, 1.54) is 12.7 Å². The minimum absolute atomic E-state index is 0. The maximum atomic E-state index is 12.5. The highest BCUT2D eigenvalue weighted by Gasteiger charge is 2.37. The quantitative estimate of drug-likeness (QED) is 0.698. The molecule has 2 aromatic rings. The summed E-state index contributed by atoms with van der Waals surface area (Å²) in [5, 5.41) is 9.84. The Kier molecular flexibility index (Phi) is 8.12.